The third-order valence-corrected chi connectivity index (χ3v) is 3.30. The molecule has 1 saturated heterocycles. The number of nitrogens with two attached hydrogens (primary N) is 1. The van der Waals surface area contributed by atoms with E-state index in [0.717, 1.165) is 37.6 Å². The number of hydrogen-bond acceptors (Lipinski definition) is 3. The van der Waals surface area contributed by atoms with Crippen molar-refractivity contribution in [2.75, 3.05) is 18.0 Å². The van der Waals surface area contributed by atoms with E-state index < -0.39 is 0 Å². The first-order valence-electron chi connectivity index (χ1n) is 6.39. The first-order chi connectivity index (χ1) is 7.79. The largest absolute Gasteiger partial charge is 0.446 e. The summed E-state index contributed by atoms with van der Waals surface area (Å²) in [5.74, 6) is 2.05. The average molecular weight is 222 g/mol. The maximum Gasteiger partial charge on any atom is 0.195 e. The second-order valence-electron chi connectivity index (χ2n) is 4.66. The van der Waals surface area contributed by atoms with Crippen molar-refractivity contribution in [3.8, 4) is 0 Å². The Morgan fingerprint density at radius 3 is 2.75 bits per heavy atom. The van der Waals surface area contributed by atoms with Crippen molar-refractivity contribution in [2.24, 2.45) is 5.73 Å². The van der Waals surface area contributed by atoms with Crippen LogP contribution in [-0.2, 0) is 6.42 Å². The molecular formula is C13H22N2O. The number of rotatable bonds is 4. The van der Waals surface area contributed by atoms with Crippen molar-refractivity contribution in [1.82, 2.24) is 0 Å². The lowest BCUT2D eigenvalue weighted by Gasteiger charge is -2.26. The molecule has 0 radical (unpaired) electrons. The van der Waals surface area contributed by atoms with Crippen LogP contribution in [0.2, 0.25) is 0 Å². The summed E-state index contributed by atoms with van der Waals surface area (Å²) in [6.07, 6.45) is 5.77. The SMILES string of the molecule is CCC(N)Cc1ccc(N2CCCCC2)o1. The molecule has 0 aromatic carbocycles. The Balaban J connectivity index is 1.95. The number of hydrogen-bond donors (Lipinski definition) is 1. The maximum absolute atomic E-state index is 5.92. The molecule has 1 aromatic rings. The van der Waals surface area contributed by atoms with Crippen molar-refractivity contribution < 1.29 is 4.42 Å². The zero-order valence-corrected chi connectivity index (χ0v) is 10.1. The van der Waals surface area contributed by atoms with Gasteiger partial charge in [0.2, 0.25) is 0 Å². The molecule has 1 aromatic heterocycles. The minimum atomic E-state index is 0.223. The van der Waals surface area contributed by atoms with E-state index in [9.17, 15) is 0 Å². The van der Waals surface area contributed by atoms with Gasteiger partial charge in [0.15, 0.2) is 5.88 Å². The monoisotopic (exact) mass is 222 g/mol. The third kappa shape index (κ3) is 2.79. The van der Waals surface area contributed by atoms with Crippen LogP contribution in [0.4, 0.5) is 5.88 Å². The van der Waals surface area contributed by atoms with Crippen molar-refractivity contribution in [3.05, 3.63) is 17.9 Å². The van der Waals surface area contributed by atoms with Gasteiger partial charge in [0.25, 0.3) is 0 Å². The van der Waals surface area contributed by atoms with Gasteiger partial charge in [0, 0.05) is 31.6 Å². The van der Waals surface area contributed by atoms with Crippen LogP contribution in [0.5, 0.6) is 0 Å². The Morgan fingerprint density at radius 2 is 2.06 bits per heavy atom. The van der Waals surface area contributed by atoms with Gasteiger partial charge in [0.1, 0.15) is 5.76 Å². The van der Waals surface area contributed by atoms with E-state index in [2.05, 4.69) is 24.0 Å². The third-order valence-electron chi connectivity index (χ3n) is 3.30. The second kappa shape index (κ2) is 5.39. The van der Waals surface area contributed by atoms with Gasteiger partial charge in [-0.25, -0.2) is 0 Å². The van der Waals surface area contributed by atoms with E-state index >= 15 is 0 Å². The molecule has 0 aliphatic carbocycles. The van der Waals surface area contributed by atoms with Crippen molar-refractivity contribution >= 4 is 5.88 Å². The molecule has 1 aliphatic heterocycles. The Hall–Kier alpha value is -0.960. The topological polar surface area (TPSA) is 42.4 Å². The van der Waals surface area contributed by atoms with Crippen LogP contribution in [0.15, 0.2) is 16.5 Å². The van der Waals surface area contributed by atoms with Gasteiger partial charge in [-0.2, -0.15) is 0 Å². The molecule has 3 nitrogen and oxygen atoms in total. The number of piperidine rings is 1. The molecule has 0 bridgehead atoms. The highest BCUT2D eigenvalue weighted by Crippen LogP contribution is 2.23. The predicted octanol–water partition coefficient (Wildman–Crippen LogP) is 2.55. The van der Waals surface area contributed by atoms with Crippen LogP contribution in [-0.4, -0.2) is 19.1 Å². The normalized spacial score (nSPS) is 18.8. The Labute approximate surface area is 97.6 Å². The lowest BCUT2D eigenvalue weighted by Crippen LogP contribution is -2.28. The molecule has 2 rings (SSSR count). The first kappa shape index (κ1) is 11.5. The van der Waals surface area contributed by atoms with Crippen molar-refractivity contribution in [2.45, 2.75) is 45.1 Å². The lowest BCUT2D eigenvalue weighted by atomic mass is 10.1. The summed E-state index contributed by atoms with van der Waals surface area (Å²) in [6.45, 7) is 4.37. The molecular weight excluding hydrogens is 200 g/mol. The van der Waals surface area contributed by atoms with Gasteiger partial charge in [-0.05, 0) is 31.7 Å². The second-order valence-corrected chi connectivity index (χ2v) is 4.66. The highest BCUT2D eigenvalue weighted by molar-refractivity contribution is 5.36. The van der Waals surface area contributed by atoms with Crippen LogP contribution in [0.3, 0.4) is 0 Å². The molecule has 90 valence electrons. The summed E-state index contributed by atoms with van der Waals surface area (Å²) in [6, 6.07) is 4.38. The molecule has 3 heteroatoms. The van der Waals surface area contributed by atoms with Gasteiger partial charge in [-0.15, -0.1) is 0 Å². The predicted molar refractivity (Wildman–Crippen MR) is 66.7 cm³/mol. The summed E-state index contributed by atoms with van der Waals surface area (Å²) < 4.78 is 5.84. The Bertz CT molecular complexity index is 315. The molecule has 2 heterocycles. The molecule has 1 aliphatic rings. The zero-order chi connectivity index (χ0) is 11.4. The quantitative estimate of drug-likeness (QED) is 0.851. The maximum atomic E-state index is 5.92. The smallest absolute Gasteiger partial charge is 0.195 e. The van der Waals surface area contributed by atoms with E-state index in [4.69, 9.17) is 10.2 Å². The van der Waals surface area contributed by atoms with Crippen LogP contribution in [0.25, 0.3) is 0 Å². The molecule has 2 N–H and O–H groups in total. The molecule has 1 atom stereocenters. The fraction of sp³-hybridized carbons (Fsp3) is 0.692. The highest BCUT2D eigenvalue weighted by Gasteiger charge is 2.14. The minimum Gasteiger partial charge on any atom is -0.446 e. The van der Waals surface area contributed by atoms with Gasteiger partial charge in [0.05, 0.1) is 0 Å². The fourth-order valence-electron chi connectivity index (χ4n) is 2.16. The Kier molecular flexibility index (Phi) is 3.88. The van der Waals surface area contributed by atoms with Crippen LogP contribution < -0.4 is 10.6 Å². The molecule has 1 unspecified atom stereocenters. The molecule has 0 spiro atoms. The lowest BCUT2D eigenvalue weighted by molar-refractivity contribution is 0.456. The van der Waals surface area contributed by atoms with Gasteiger partial charge in [-0.3, -0.25) is 0 Å². The summed E-state index contributed by atoms with van der Waals surface area (Å²) >= 11 is 0. The number of nitrogens with zero attached hydrogens (tertiary/aromatic N) is 1. The number of anilines is 1. The first-order valence-corrected chi connectivity index (χ1v) is 6.39. The van der Waals surface area contributed by atoms with E-state index in [-0.39, 0.29) is 6.04 Å². The molecule has 16 heavy (non-hydrogen) atoms. The summed E-state index contributed by atoms with van der Waals surface area (Å²) in [7, 11) is 0. The molecule has 1 fully saturated rings. The molecule has 0 amide bonds. The zero-order valence-electron chi connectivity index (χ0n) is 10.1. The fourth-order valence-corrected chi connectivity index (χ4v) is 2.16. The molecule has 0 saturated carbocycles. The summed E-state index contributed by atoms with van der Waals surface area (Å²) in [4.78, 5) is 2.34. The minimum absolute atomic E-state index is 0.223. The number of furan rings is 1. The van der Waals surface area contributed by atoms with Crippen molar-refractivity contribution in [1.29, 1.82) is 0 Å². The van der Waals surface area contributed by atoms with E-state index in [0.29, 0.717) is 0 Å². The Morgan fingerprint density at radius 1 is 1.31 bits per heavy atom. The van der Waals surface area contributed by atoms with Gasteiger partial charge >= 0.3 is 0 Å². The van der Waals surface area contributed by atoms with E-state index in [1.54, 1.807) is 0 Å². The van der Waals surface area contributed by atoms with Crippen LogP contribution in [0, 0.1) is 0 Å². The van der Waals surface area contributed by atoms with Gasteiger partial charge in [-0.1, -0.05) is 6.92 Å². The van der Waals surface area contributed by atoms with Gasteiger partial charge < -0.3 is 15.1 Å². The van der Waals surface area contributed by atoms with Crippen LogP contribution in [0.1, 0.15) is 38.4 Å². The van der Waals surface area contributed by atoms with E-state index in [1.165, 1.54) is 19.3 Å². The summed E-state index contributed by atoms with van der Waals surface area (Å²) in [5, 5.41) is 0. The van der Waals surface area contributed by atoms with Crippen molar-refractivity contribution in [3.63, 3.8) is 0 Å². The highest BCUT2D eigenvalue weighted by atomic mass is 16.4. The van der Waals surface area contributed by atoms with Crippen LogP contribution >= 0.6 is 0 Å². The summed E-state index contributed by atoms with van der Waals surface area (Å²) in [5.41, 5.74) is 5.92. The standard InChI is InChI=1S/C13H22N2O/c1-2-11(14)10-12-6-7-13(16-12)15-8-4-3-5-9-15/h6-7,11H,2-5,8-10,14H2,1H3. The average Bonchev–Trinajstić information content (AvgIpc) is 2.78. The van der Waals surface area contributed by atoms with E-state index in [1.807, 2.05) is 0 Å².